The Morgan fingerprint density at radius 2 is 2.00 bits per heavy atom. The molecule has 0 spiro atoms. The lowest BCUT2D eigenvalue weighted by Gasteiger charge is -2.15. The lowest BCUT2D eigenvalue weighted by atomic mass is 10.1. The van der Waals surface area contributed by atoms with Crippen LogP contribution >= 0.6 is 0 Å². The van der Waals surface area contributed by atoms with Crippen LogP contribution in [0.2, 0.25) is 0 Å². The zero-order chi connectivity index (χ0) is 13.0. The molecule has 0 saturated heterocycles. The third kappa shape index (κ3) is 3.20. The summed E-state index contributed by atoms with van der Waals surface area (Å²) in [5.74, 6) is 0.376. The lowest BCUT2D eigenvalue weighted by molar-refractivity contribution is -0.119. The number of nitrogens with one attached hydrogen (secondary N) is 1. The fraction of sp³-hybridized carbons (Fsp3) is 0.462. The number of ether oxygens (including phenoxy) is 1. The molecule has 4 heteroatoms. The van der Waals surface area contributed by atoms with E-state index in [-0.39, 0.29) is 11.8 Å². The molecule has 94 valence electrons. The van der Waals surface area contributed by atoms with Gasteiger partial charge in [0.2, 0.25) is 5.91 Å². The number of nitrogens with two attached hydrogens (primary N) is 1. The minimum atomic E-state index is -0.207. The molecule has 0 heterocycles. The van der Waals surface area contributed by atoms with Gasteiger partial charge in [-0.05, 0) is 37.1 Å². The van der Waals surface area contributed by atoms with Crippen molar-refractivity contribution in [2.24, 2.45) is 11.7 Å². The van der Waals surface area contributed by atoms with E-state index in [0.717, 1.165) is 11.1 Å². The minimum Gasteiger partial charge on any atom is -0.495 e. The molecule has 17 heavy (non-hydrogen) atoms. The highest BCUT2D eigenvalue weighted by molar-refractivity contribution is 5.94. The molecule has 1 rings (SSSR count). The van der Waals surface area contributed by atoms with Gasteiger partial charge in [-0.2, -0.15) is 0 Å². The first-order valence-corrected chi connectivity index (χ1v) is 5.65. The Morgan fingerprint density at radius 1 is 1.41 bits per heavy atom. The van der Waals surface area contributed by atoms with Crippen molar-refractivity contribution in [3.63, 3.8) is 0 Å². The van der Waals surface area contributed by atoms with Crippen LogP contribution in [0.5, 0.6) is 5.75 Å². The molecule has 1 aromatic carbocycles. The van der Waals surface area contributed by atoms with Crippen molar-refractivity contribution in [2.75, 3.05) is 19.0 Å². The normalized spacial score (nSPS) is 12.1. The van der Waals surface area contributed by atoms with Crippen LogP contribution in [0.4, 0.5) is 5.69 Å². The van der Waals surface area contributed by atoms with Crippen LogP contribution < -0.4 is 15.8 Å². The SMILES string of the molecule is COc1cc(C)c(C)cc1NC(=O)C(C)CN. The van der Waals surface area contributed by atoms with E-state index in [1.54, 1.807) is 14.0 Å². The van der Waals surface area contributed by atoms with Gasteiger partial charge in [0, 0.05) is 12.5 Å². The first-order valence-electron chi connectivity index (χ1n) is 5.65. The first-order chi connectivity index (χ1) is 7.99. The maximum atomic E-state index is 11.8. The van der Waals surface area contributed by atoms with Gasteiger partial charge in [0.1, 0.15) is 5.75 Å². The van der Waals surface area contributed by atoms with E-state index in [2.05, 4.69) is 5.32 Å². The smallest absolute Gasteiger partial charge is 0.228 e. The van der Waals surface area contributed by atoms with Gasteiger partial charge in [-0.3, -0.25) is 4.79 Å². The average Bonchev–Trinajstić information content (AvgIpc) is 2.32. The second kappa shape index (κ2) is 5.68. The Kier molecular flexibility index (Phi) is 4.52. The molecule has 3 N–H and O–H groups in total. The standard InChI is InChI=1S/C13H20N2O2/c1-8-5-11(12(17-4)6-9(8)2)15-13(16)10(3)7-14/h5-6,10H,7,14H2,1-4H3,(H,15,16). The van der Waals surface area contributed by atoms with Crippen molar-refractivity contribution < 1.29 is 9.53 Å². The summed E-state index contributed by atoms with van der Waals surface area (Å²) >= 11 is 0. The van der Waals surface area contributed by atoms with Crippen LogP contribution in [0.15, 0.2) is 12.1 Å². The number of carbonyl (C=O) groups excluding carboxylic acids is 1. The summed E-state index contributed by atoms with van der Waals surface area (Å²) in [5.41, 5.74) is 8.40. The predicted octanol–water partition coefficient (Wildman–Crippen LogP) is 1.85. The molecule has 0 saturated carbocycles. The second-order valence-electron chi connectivity index (χ2n) is 4.26. The summed E-state index contributed by atoms with van der Waals surface area (Å²) in [6.45, 7) is 6.13. The van der Waals surface area contributed by atoms with E-state index in [1.807, 2.05) is 26.0 Å². The second-order valence-corrected chi connectivity index (χ2v) is 4.26. The van der Waals surface area contributed by atoms with Gasteiger partial charge in [0.25, 0.3) is 0 Å². The zero-order valence-electron chi connectivity index (χ0n) is 10.8. The van der Waals surface area contributed by atoms with Crippen LogP contribution in [-0.4, -0.2) is 19.6 Å². The average molecular weight is 236 g/mol. The molecular weight excluding hydrogens is 216 g/mol. The van der Waals surface area contributed by atoms with Crippen molar-refractivity contribution in [2.45, 2.75) is 20.8 Å². The maximum absolute atomic E-state index is 11.8. The minimum absolute atomic E-state index is 0.0888. The Balaban J connectivity index is 2.97. The summed E-state index contributed by atoms with van der Waals surface area (Å²) in [5, 5.41) is 2.84. The van der Waals surface area contributed by atoms with Gasteiger partial charge in [-0.1, -0.05) is 6.92 Å². The molecular formula is C13H20N2O2. The fourth-order valence-electron chi connectivity index (χ4n) is 1.42. The molecule has 0 aliphatic rings. The van der Waals surface area contributed by atoms with Gasteiger partial charge < -0.3 is 15.8 Å². The molecule has 1 unspecified atom stereocenters. The van der Waals surface area contributed by atoms with Crippen LogP contribution in [0.25, 0.3) is 0 Å². The number of benzene rings is 1. The maximum Gasteiger partial charge on any atom is 0.228 e. The molecule has 4 nitrogen and oxygen atoms in total. The van der Waals surface area contributed by atoms with Crippen LogP contribution in [0.3, 0.4) is 0 Å². The molecule has 1 aromatic rings. The van der Waals surface area contributed by atoms with Crippen LogP contribution in [0.1, 0.15) is 18.1 Å². The van der Waals surface area contributed by atoms with E-state index in [4.69, 9.17) is 10.5 Å². The van der Waals surface area contributed by atoms with E-state index in [9.17, 15) is 4.79 Å². The van der Waals surface area contributed by atoms with Crippen LogP contribution in [-0.2, 0) is 4.79 Å². The number of aryl methyl sites for hydroxylation is 2. The van der Waals surface area contributed by atoms with Gasteiger partial charge in [-0.25, -0.2) is 0 Å². The largest absolute Gasteiger partial charge is 0.495 e. The highest BCUT2D eigenvalue weighted by atomic mass is 16.5. The quantitative estimate of drug-likeness (QED) is 0.838. The Morgan fingerprint density at radius 3 is 2.53 bits per heavy atom. The highest BCUT2D eigenvalue weighted by Gasteiger charge is 2.14. The van der Waals surface area contributed by atoms with Gasteiger partial charge >= 0.3 is 0 Å². The van der Waals surface area contributed by atoms with Crippen molar-refractivity contribution in [1.29, 1.82) is 0 Å². The molecule has 1 atom stereocenters. The zero-order valence-corrected chi connectivity index (χ0v) is 10.8. The van der Waals surface area contributed by atoms with Crippen molar-refractivity contribution >= 4 is 11.6 Å². The highest BCUT2D eigenvalue weighted by Crippen LogP contribution is 2.28. The third-order valence-electron chi connectivity index (χ3n) is 2.87. The van der Waals surface area contributed by atoms with Crippen molar-refractivity contribution in [1.82, 2.24) is 0 Å². The Hall–Kier alpha value is -1.55. The number of rotatable bonds is 4. The number of hydrogen-bond acceptors (Lipinski definition) is 3. The summed E-state index contributed by atoms with van der Waals surface area (Å²) in [4.78, 5) is 11.8. The van der Waals surface area contributed by atoms with E-state index >= 15 is 0 Å². The van der Waals surface area contributed by atoms with Crippen molar-refractivity contribution in [3.8, 4) is 5.75 Å². The molecule has 1 amide bonds. The molecule has 0 radical (unpaired) electrons. The molecule has 0 fully saturated rings. The predicted molar refractivity (Wildman–Crippen MR) is 69.3 cm³/mol. The summed E-state index contributed by atoms with van der Waals surface area (Å²) in [7, 11) is 1.59. The monoisotopic (exact) mass is 236 g/mol. The number of hydrogen-bond donors (Lipinski definition) is 2. The third-order valence-corrected chi connectivity index (χ3v) is 2.87. The number of amides is 1. The van der Waals surface area contributed by atoms with Gasteiger partial charge in [0.05, 0.1) is 12.8 Å². The Bertz CT molecular complexity index is 416. The molecule has 0 aliphatic carbocycles. The van der Waals surface area contributed by atoms with Gasteiger partial charge in [0.15, 0.2) is 0 Å². The topological polar surface area (TPSA) is 64.3 Å². The summed E-state index contributed by atoms with van der Waals surface area (Å²) < 4.78 is 5.25. The van der Waals surface area contributed by atoms with E-state index in [1.165, 1.54) is 0 Å². The Labute approximate surface area is 102 Å². The molecule has 0 aliphatic heterocycles. The fourth-order valence-corrected chi connectivity index (χ4v) is 1.42. The number of methoxy groups -OCH3 is 1. The van der Waals surface area contributed by atoms with Crippen molar-refractivity contribution in [3.05, 3.63) is 23.3 Å². The van der Waals surface area contributed by atoms with Crippen LogP contribution in [0, 0.1) is 19.8 Å². The van der Waals surface area contributed by atoms with Gasteiger partial charge in [-0.15, -0.1) is 0 Å². The summed E-state index contributed by atoms with van der Waals surface area (Å²) in [6.07, 6.45) is 0. The first kappa shape index (κ1) is 13.5. The number of anilines is 1. The van der Waals surface area contributed by atoms with E-state index < -0.39 is 0 Å². The lowest BCUT2D eigenvalue weighted by Crippen LogP contribution is -2.26. The number of carbonyl (C=O) groups is 1. The molecule has 0 aromatic heterocycles. The van der Waals surface area contributed by atoms with E-state index in [0.29, 0.717) is 18.0 Å². The molecule has 0 bridgehead atoms. The summed E-state index contributed by atoms with van der Waals surface area (Å²) in [6, 6.07) is 3.83.